The number of aromatic amines is 1. The number of nitrogens with zero attached hydrogens (tertiary/aromatic N) is 1. The van der Waals surface area contributed by atoms with E-state index in [4.69, 9.17) is 19.2 Å². The molecule has 0 saturated heterocycles. The second kappa shape index (κ2) is 6.64. The number of nitrogens with one attached hydrogen (secondary N) is 1. The first-order valence-electron chi connectivity index (χ1n) is 8.38. The Balaban J connectivity index is 1.99. The largest absolute Gasteiger partial charge is 0.497 e. The highest BCUT2D eigenvalue weighted by atomic mass is 16.5. The Labute approximate surface area is 155 Å². The molecule has 2 aromatic carbocycles. The van der Waals surface area contributed by atoms with Crippen LogP contribution in [0.1, 0.15) is 10.4 Å². The Kier molecular flexibility index (Phi) is 4.16. The van der Waals surface area contributed by atoms with Gasteiger partial charge in [-0.2, -0.15) is 0 Å². The second-order valence-corrected chi connectivity index (χ2v) is 6.04. The van der Waals surface area contributed by atoms with Crippen molar-refractivity contribution in [3.05, 3.63) is 54.1 Å². The van der Waals surface area contributed by atoms with Gasteiger partial charge in [0, 0.05) is 17.0 Å². The average Bonchev–Trinajstić information content (AvgIpc) is 3.10. The van der Waals surface area contributed by atoms with Gasteiger partial charge in [-0.15, -0.1) is 0 Å². The Bertz CT molecular complexity index is 1150. The van der Waals surface area contributed by atoms with Gasteiger partial charge in [0.05, 0.1) is 49.1 Å². The van der Waals surface area contributed by atoms with Gasteiger partial charge >= 0.3 is 5.97 Å². The number of fused-ring (bicyclic) bond motifs is 3. The van der Waals surface area contributed by atoms with Gasteiger partial charge in [0.2, 0.25) is 0 Å². The van der Waals surface area contributed by atoms with Crippen molar-refractivity contribution in [1.29, 1.82) is 0 Å². The Morgan fingerprint density at radius 3 is 2.30 bits per heavy atom. The molecule has 4 rings (SSSR count). The van der Waals surface area contributed by atoms with Crippen LogP contribution in [-0.4, -0.2) is 37.3 Å². The Hall–Kier alpha value is -3.54. The van der Waals surface area contributed by atoms with E-state index in [2.05, 4.69) is 4.98 Å². The molecule has 0 bridgehead atoms. The van der Waals surface area contributed by atoms with Crippen LogP contribution in [0, 0.1) is 0 Å². The van der Waals surface area contributed by atoms with Crippen molar-refractivity contribution in [2.75, 3.05) is 21.3 Å². The first-order chi connectivity index (χ1) is 13.1. The molecule has 4 aromatic rings. The number of aromatic nitrogens is 2. The highest BCUT2D eigenvalue weighted by Gasteiger charge is 2.18. The van der Waals surface area contributed by atoms with Gasteiger partial charge in [-0.25, -0.2) is 9.78 Å². The zero-order valence-corrected chi connectivity index (χ0v) is 15.2. The van der Waals surface area contributed by atoms with Crippen LogP contribution < -0.4 is 9.47 Å². The molecule has 6 heteroatoms. The van der Waals surface area contributed by atoms with E-state index < -0.39 is 5.97 Å². The molecule has 0 spiro atoms. The Morgan fingerprint density at radius 2 is 1.63 bits per heavy atom. The van der Waals surface area contributed by atoms with Crippen molar-refractivity contribution >= 4 is 27.9 Å². The van der Waals surface area contributed by atoms with Crippen LogP contribution >= 0.6 is 0 Å². The van der Waals surface area contributed by atoms with Gasteiger partial charge in [-0.1, -0.05) is 0 Å². The van der Waals surface area contributed by atoms with Crippen LogP contribution in [0.5, 0.6) is 11.5 Å². The fraction of sp³-hybridized carbons (Fsp3) is 0.143. The lowest BCUT2D eigenvalue weighted by Crippen LogP contribution is -2.03. The molecule has 0 amide bonds. The highest BCUT2D eigenvalue weighted by Crippen LogP contribution is 2.32. The monoisotopic (exact) mass is 362 g/mol. The minimum absolute atomic E-state index is 0.421. The summed E-state index contributed by atoms with van der Waals surface area (Å²) < 4.78 is 15.5. The first-order valence-corrected chi connectivity index (χ1v) is 8.38. The molecule has 1 N–H and O–H groups in total. The summed E-state index contributed by atoms with van der Waals surface area (Å²) in [6.45, 7) is 0. The number of esters is 1. The van der Waals surface area contributed by atoms with Gasteiger partial charge in [0.1, 0.15) is 11.5 Å². The molecule has 0 fully saturated rings. The number of hydrogen-bond donors (Lipinski definition) is 1. The first kappa shape index (κ1) is 16.9. The van der Waals surface area contributed by atoms with E-state index in [9.17, 15) is 4.79 Å². The van der Waals surface area contributed by atoms with Crippen LogP contribution in [0.15, 0.2) is 48.5 Å². The summed E-state index contributed by atoms with van der Waals surface area (Å²) in [4.78, 5) is 20.5. The third kappa shape index (κ3) is 2.85. The molecule has 0 radical (unpaired) electrons. The summed E-state index contributed by atoms with van der Waals surface area (Å²) in [5, 5.41) is 0.909. The average molecular weight is 362 g/mol. The topological polar surface area (TPSA) is 73.4 Å². The highest BCUT2D eigenvalue weighted by molar-refractivity contribution is 6.13. The number of carbonyl (C=O) groups excluding carboxylic acids is 1. The number of rotatable bonds is 4. The second-order valence-electron chi connectivity index (χ2n) is 6.04. The van der Waals surface area contributed by atoms with Crippen molar-refractivity contribution in [2.45, 2.75) is 0 Å². The number of hydrogen-bond acceptors (Lipinski definition) is 5. The van der Waals surface area contributed by atoms with Gasteiger partial charge in [0.25, 0.3) is 0 Å². The number of methoxy groups -OCH3 is 3. The van der Waals surface area contributed by atoms with Crippen LogP contribution in [0.25, 0.3) is 33.2 Å². The zero-order chi connectivity index (χ0) is 19.0. The zero-order valence-electron chi connectivity index (χ0n) is 15.2. The maximum Gasteiger partial charge on any atom is 0.340 e. The summed E-state index contributed by atoms with van der Waals surface area (Å²) in [5.74, 6) is 1.06. The SMILES string of the molecule is COC(=O)c1cc(-c2ccc(OC)cc2)nc2c1[nH]c1cc(OC)ccc12. The number of benzene rings is 2. The van der Waals surface area contributed by atoms with Crippen LogP contribution in [0.2, 0.25) is 0 Å². The molecule has 2 aromatic heterocycles. The quantitative estimate of drug-likeness (QED) is 0.551. The van der Waals surface area contributed by atoms with Crippen molar-refractivity contribution in [3.63, 3.8) is 0 Å². The molecule has 0 atom stereocenters. The smallest absolute Gasteiger partial charge is 0.340 e. The van der Waals surface area contributed by atoms with Crippen LogP contribution in [0.3, 0.4) is 0 Å². The number of carbonyl (C=O) groups is 1. The van der Waals surface area contributed by atoms with Crippen molar-refractivity contribution in [1.82, 2.24) is 9.97 Å². The molecule has 0 aliphatic carbocycles. The fourth-order valence-corrected chi connectivity index (χ4v) is 3.14. The summed E-state index contributed by atoms with van der Waals surface area (Å²) in [5.41, 5.74) is 4.19. The number of ether oxygens (including phenoxy) is 3. The van der Waals surface area contributed by atoms with E-state index in [0.29, 0.717) is 22.3 Å². The van der Waals surface area contributed by atoms with E-state index in [1.165, 1.54) is 7.11 Å². The molecular formula is C21H18N2O4. The summed E-state index contributed by atoms with van der Waals surface area (Å²) >= 11 is 0. The van der Waals surface area contributed by atoms with Crippen LogP contribution in [-0.2, 0) is 4.74 Å². The van der Waals surface area contributed by atoms with E-state index in [-0.39, 0.29) is 0 Å². The van der Waals surface area contributed by atoms with E-state index in [1.807, 2.05) is 42.5 Å². The number of pyridine rings is 1. The normalized spacial score (nSPS) is 10.9. The maximum atomic E-state index is 12.4. The summed E-state index contributed by atoms with van der Waals surface area (Å²) in [7, 11) is 4.60. The lowest BCUT2D eigenvalue weighted by Gasteiger charge is -2.07. The fourth-order valence-electron chi connectivity index (χ4n) is 3.14. The van der Waals surface area contributed by atoms with Crippen molar-refractivity contribution < 1.29 is 19.0 Å². The van der Waals surface area contributed by atoms with Crippen molar-refractivity contribution in [2.24, 2.45) is 0 Å². The lowest BCUT2D eigenvalue weighted by atomic mass is 10.1. The molecule has 2 heterocycles. The third-order valence-electron chi connectivity index (χ3n) is 4.55. The van der Waals surface area contributed by atoms with E-state index in [1.54, 1.807) is 20.3 Å². The Morgan fingerprint density at radius 1 is 0.926 bits per heavy atom. The maximum absolute atomic E-state index is 12.4. The summed E-state index contributed by atoms with van der Waals surface area (Å²) in [6, 6.07) is 15.0. The van der Waals surface area contributed by atoms with Gasteiger partial charge in [0.15, 0.2) is 0 Å². The van der Waals surface area contributed by atoms with Gasteiger partial charge < -0.3 is 19.2 Å². The third-order valence-corrected chi connectivity index (χ3v) is 4.55. The van der Waals surface area contributed by atoms with E-state index in [0.717, 1.165) is 28.0 Å². The molecule has 0 aliphatic heterocycles. The molecular weight excluding hydrogens is 344 g/mol. The van der Waals surface area contributed by atoms with Crippen LogP contribution in [0.4, 0.5) is 0 Å². The molecule has 136 valence electrons. The molecule has 0 unspecified atom stereocenters. The molecule has 0 saturated carbocycles. The molecule has 27 heavy (non-hydrogen) atoms. The minimum atomic E-state index is -0.421. The van der Waals surface area contributed by atoms with Gasteiger partial charge in [-0.05, 0) is 42.5 Å². The number of H-pyrrole nitrogens is 1. The molecule has 0 aliphatic rings. The van der Waals surface area contributed by atoms with Crippen molar-refractivity contribution in [3.8, 4) is 22.8 Å². The minimum Gasteiger partial charge on any atom is -0.497 e. The van der Waals surface area contributed by atoms with Gasteiger partial charge in [-0.3, -0.25) is 0 Å². The lowest BCUT2D eigenvalue weighted by molar-refractivity contribution is 0.0603. The predicted octanol–water partition coefficient (Wildman–Crippen LogP) is 4.19. The summed E-state index contributed by atoms with van der Waals surface area (Å²) in [6.07, 6.45) is 0. The molecule has 6 nitrogen and oxygen atoms in total. The predicted molar refractivity (Wildman–Crippen MR) is 103 cm³/mol. The standard InChI is InChI=1S/C21H18N2O4/c1-25-13-6-4-12(5-7-13)17-11-16(21(24)27-3)20-19(22-17)15-9-8-14(26-2)10-18(15)23-20/h4-11,23H,1-3H3. The van der Waals surface area contributed by atoms with E-state index >= 15 is 0 Å².